The highest BCUT2D eigenvalue weighted by Gasteiger charge is 2.34. The summed E-state index contributed by atoms with van der Waals surface area (Å²) in [5, 5.41) is 7.12. The van der Waals surface area contributed by atoms with E-state index in [1.54, 1.807) is 13.3 Å². The molecule has 0 spiro atoms. The van der Waals surface area contributed by atoms with Crippen molar-refractivity contribution in [3.8, 4) is 17.0 Å². The van der Waals surface area contributed by atoms with Crippen LogP contribution in [0, 0.1) is 0 Å². The number of benzene rings is 2. The summed E-state index contributed by atoms with van der Waals surface area (Å²) in [7, 11) is 1.64. The number of aromatic amines is 1. The van der Waals surface area contributed by atoms with E-state index < -0.39 is 0 Å². The minimum Gasteiger partial charge on any atom is -0.497 e. The minimum absolute atomic E-state index is 0.0282. The Kier molecular flexibility index (Phi) is 4.67. The van der Waals surface area contributed by atoms with Gasteiger partial charge in [0.2, 0.25) is 0 Å². The number of aromatic nitrogens is 2. The molecule has 2 aromatic carbocycles. The molecule has 0 saturated carbocycles. The average Bonchev–Trinajstić information content (AvgIpc) is 3.35. The Bertz CT molecular complexity index is 918. The molecule has 2 atom stereocenters. The van der Waals surface area contributed by atoms with E-state index in [1.165, 1.54) is 5.56 Å². The molecule has 1 aliphatic heterocycles. The zero-order valence-corrected chi connectivity index (χ0v) is 15.6. The normalized spacial score (nSPS) is 19.3. The number of likely N-dealkylation sites (tertiary alicyclic amines) is 1. The summed E-state index contributed by atoms with van der Waals surface area (Å²) < 4.78 is 5.21. The molecular formula is C22H23N3O2. The summed E-state index contributed by atoms with van der Waals surface area (Å²) >= 11 is 0. The molecule has 1 N–H and O–H groups in total. The highest BCUT2D eigenvalue weighted by atomic mass is 16.5. The molecule has 0 aliphatic carbocycles. The maximum Gasteiger partial charge on any atom is 0.257 e. The Labute approximate surface area is 159 Å². The van der Waals surface area contributed by atoms with Gasteiger partial charge in [-0.15, -0.1) is 0 Å². The number of nitrogens with one attached hydrogen (secondary N) is 1. The van der Waals surface area contributed by atoms with Crippen molar-refractivity contribution in [2.45, 2.75) is 25.3 Å². The lowest BCUT2D eigenvalue weighted by molar-refractivity contribution is 0.0746. The van der Waals surface area contributed by atoms with Crippen molar-refractivity contribution in [3.05, 3.63) is 71.9 Å². The average molecular weight is 361 g/mol. The summed E-state index contributed by atoms with van der Waals surface area (Å²) in [6, 6.07) is 18.3. The van der Waals surface area contributed by atoms with E-state index in [1.807, 2.05) is 35.2 Å². The maximum atomic E-state index is 13.3. The molecule has 2 heterocycles. The fraction of sp³-hybridized carbons (Fsp3) is 0.273. The third kappa shape index (κ3) is 3.33. The van der Waals surface area contributed by atoms with Gasteiger partial charge in [0.1, 0.15) is 5.75 Å². The van der Waals surface area contributed by atoms with E-state index in [-0.39, 0.29) is 11.9 Å². The molecular weight excluding hydrogens is 338 g/mol. The number of methoxy groups -OCH3 is 1. The van der Waals surface area contributed by atoms with Crippen molar-refractivity contribution in [1.82, 2.24) is 15.1 Å². The van der Waals surface area contributed by atoms with Crippen LogP contribution in [0.4, 0.5) is 0 Å². The number of hydrogen-bond donors (Lipinski definition) is 1. The summed E-state index contributed by atoms with van der Waals surface area (Å²) in [5.74, 6) is 1.19. The van der Waals surface area contributed by atoms with Gasteiger partial charge in [0.15, 0.2) is 0 Å². The van der Waals surface area contributed by atoms with Crippen LogP contribution in [-0.4, -0.2) is 40.7 Å². The topological polar surface area (TPSA) is 58.2 Å². The van der Waals surface area contributed by atoms with Gasteiger partial charge in [0.05, 0.1) is 24.6 Å². The maximum absolute atomic E-state index is 13.3. The number of amides is 1. The van der Waals surface area contributed by atoms with E-state index in [4.69, 9.17) is 4.74 Å². The smallest absolute Gasteiger partial charge is 0.257 e. The summed E-state index contributed by atoms with van der Waals surface area (Å²) in [6.45, 7) is 2.85. The molecule has 0 radical (unpaired) electrons. The first-order valence-electron chi connectivity index (χ1n) is 9.21. The fourth-order valence-electron chi connectivity index (χ4n) is 3.86. The highest BCUT2D eigenvalue weighted by molar-refractivity contribution is 6.00. The van der Waals surface area contributed by atoms with Gasteiger partial charge in [-0.1, -0.05) is 30.3 Å². The number of carbonyl (C=O) groups excluding carboxylic acids is 1. The van der Waals surface area contributed by atoms with Crippen molar-refractivity contribution in [1.29, 1.82) is 0 Å². The van der Waals surface area contributed by atoms with Crippen molar-refractivity contribution in [2.24, 2.45) is 0 Å². The van der Waals surface area contributed by atoms with Crippen LogP contribution in [0.3, 0.4) is 0 Å². The van der Waals surface area contributed by atoms with Gasteiger partial charge in [0, 0.05) is 24.1 Å². The number of H-pyrrole nitrogens is 1. The first-order valence-corrected chi connectivity index (χ1v) is 9.21. The predicted octanol–water partition coefficient (Wildman–Crippen LogP) is 4.10. The van der Waals surface area contributed by atoms with Crippen molar-refractivity contribution < 1.29 is 9.53 Å². The minimum atomic E-state index is 0.0282. The van der Waals surface area contributed by atoms with Crippen LogP contribution in [0.15, 0.2) is 60.8 Å². The zero-order valence-electron chi connectivity index (χ0n) is 15.6. The lowest BCUT2D eigenvalue weighted by Crippen LogP contribution is -2.34. The molecule has 138 valence electrons. The molecule has 27 heavy (non-hydrogen) atoms. The summed E-state index contributed by atoms with van der Waals surface area (Å²) in [4.78, 5) is 15.2. The van der Waals surface area contributed by atoms with Crippen molar-refractivity contribution >= 4 is 5.91 Å². The van der Waals surface area contributed by atoms with Crippen LogP contribution in [0.2, 0.25) is 0 Å². The lowest BCUT2D eigenvalue weighted by atomic mass is 9.97. The second-order valence-corrected chi connectivity index (χ2v) is 7.04. The highest BCUT2D eigenvalue weighted by Crippen LogP contribution is 2.34. The Hall–Kier alpha value is -3.08. The third-order valence-electron chi connectivity index (χ3n) is 5.36. The van der Waals surface area contributed by atoms with Crippen LogP contribution >= 0.6 is 0 Å². The molecule has 1 amide bonds. The second kappa shape index (κ2) is 7.27. The van der Waals surface area contributed by atoms with Gasteiger partial charge >= 0.3 is 0 Å². The van der Waals surface area contributed by atoms with E-state index in [0.29, 0.717) is 11.5 Å². The molecule has 2 unspecified atom stereocenters. The van der Waals surface area contributed by atoms with Gasteiger partial charge < -0.3 is 9.64 Å². The van der Waals surface area contributed by atoms with E-state index >= 15 is 0 Å². The molecule has 1 saturated heterocycles. The monoisotopic (exact) mass is 361 g/mol. The Morgan fingerprint density at radius 2 is 1.89 bits per heavy atom. The van der Waals surface area contributed by atoms with E-state index in [2.05, 4.69) is 41.4 Å². The molecule has 0 bridgehead atoms. The number of carbonyl (C=O) groups is 1. The second-order valence-electron chi connectivity index (χ2n) is 7.04. The molecule has 1 aliphatic rings. The van der Waals surface area contributed by atoms with Crippen LogP contribution in [0.5, 0.6) is 5.75 Å². The largest absolute Gasteiger partial charge is 0.497 e. The van der Waals surface area contributed by atoms with Gasteiger partial charge in [-0.05, 0) is 43.2 Å². The van der Waals surface area contributed by atoms with E-state index in [9.17, 15) is 4.79 Å². The third-order valence-corrected chi connectivity index (χ3v) is 5.36. The van der Waals surface area contributed by atoms with Gasteiger partial charge in [-0.25, -0.2) is 0 Å². The number of nitrogens with zero attached hydrogens (tertiary/aromatic N) is 2. The summed E-state index contributed by atoms with van der Waals surface area (Å²) in [6.07, 6.45) is 2.61. The fourth-order valence-corrected chi connectivity index (χ4v) is 3.86. The van der Waals surface area contributed by atoms with Gasteiger partial charge in [-0.3, -0.25) is 9.89 Å². The quantitative estimate of drug-likeness (QED) is 0.761. The standard InChI is InChI=1S/C22H23N3O2/c1-15-12-18(16-6-4-3-5-7-16)14-25(15)22(26)20-13-23-24-21(20)17-8-10-19(27-2)11-9-17/h3-11,13,15,18H,12,14H2,1-2H3,(H,23,24). The van der Waals surface area contributed by atoms with Crippen LogP contribution in [0.1, 0.15) is 35.2 Å². The van der Waals surface area contributed by atoms with E-state index in [0.717, 1.165) is 30.0 Å². The van der Waals surface area contributed by atoms with Crippen LogP contribution in [0.25, 0.3) is 11.3 Å². The molecule has 5 nitrogen and oxygen atoms in total. The molecule has 1 fully saturated rings. The molecule has 1 aromatic heterocycles. The zero-order chi connectivity index (χ0) is 18.8. The van der Waals surface area contributed by atoms with Crippen LogP contribution in [-0.2, 0) is 0 Å². The Morgan fingerprint density at radius 3 is 2.59 bits per heavy atom. The number of rotatable bonds is 4. The number of ether oxygens (including phenoxy) is 1. The number of hydrogen-bond acceptors (Lipinski definition) is 3. The first kappa shape index (κ1) is 17.3. The summed E-state index contributed by atoms with van der Waals surface area (Å²) in [5.41, 5.74) is 3.57. The van der Waals surface area contributed by atoms with Crippen LogP contribution < -0.4 is 4.74 Å². The molecule has 3 aromatic rings. The van der Waals surface area contributed by atoms with Gasteiger partial charge in [-0.2, -0.15) is 5.10 Å². The molecule has 5 heteroatoms. The Balaban J connectivity index is 1.57. The first-order chi connectivity index (χ1) is 13.2. The van der Waals surface area contributed by atoms with Crippen molar-refractivity contribution in [3.63, 3.8) is 0 Å². The van der Waals surface area contributed by atoms with Crippen molar-refractivity contribution in [2.75, 3.05) is 13.7 Å². The molecule has 4 rings (SSSR count). The Morgan fingerprint density at radius 1 is 1.15 bits per heavy atom. The SMILES string of the molecule is COc1ccc(-c2[nH]ncc2C(=O)N2CC(c3ccccc3)CC2C)cc1. The lowest BCUT2D eigenvalue weighted by Gasteiger charge is -2.21. The van der Waals surface area contributed by atoms with Gasteiger partial charge in [0.25, 0.3) is 5.91 Å². The predicted molar refractivity (Wildman–Crippen MR) is 105 cm³/mol.